The van der Waals surface area contributed by atoms with Crippen LogP contribution in [0.3, 0.4) is 0 Å². The van der Waals surface area contributed by atoms with Crippen LogP contribution in [0.2, 0.25) is 0 Å². The van der Waals surface area contributed by atoms with Gasteiger partial charge in [0.1, 0.15) is 0 Å². The van der Waals surface area contributed by atoms with Crippen LogP contribution < -0.4 is 0 Å². The first kappa shape index (κ1) is 17.4. The first-order valence-corrected chi connectivity index (χ1v) is 7.97. The van der Waals surface area contributed by atoms with E-state index >= 15 is 0 Å². The Hall–Kier alpha value is 1.05. The Bertz CT molecular complexity index is 77.3. The standard InChI is InChI=1S/C12H27P.Ru/c1-4-7-10-13(11-8-5-2)12-9-6-3;/h4-12H2,1-3H3;/q;+3. The summed E-state index contributed by atoms with van der Waals surface area (Å²) in [5.74, 6) is 0. The molecule has 14 heavy (non-hydrogen) atoms. The Kier molecular flexibility index (Phi) is 17.5. The van der Waals surface area contributed by atoms with E-state index in [1.165, 1.54) is 38.5 Å². The minimum absolute atomic E-state index is 0. The second kappa shape index (κ2) is 14.1. The molecule has 0 aliphatic carbocycles. The van der Waals surface area contributed by atoms with Gasteiger partial charge in [0, 0.05) is 0 Å². The Morgan fingerprint density at radius 2 is 0.929 bits per heavy atom. The van der Waals surface area contributed by atoms with E-state index in [9.17, 15) is 0 Å². The fraction of sp³-hybridized carbons (Fsp3) is 1.00. The number of unbranched alkanes of at least 4 members (excludes halogenated alkanes) is 3. The van der Waals surface area contributed by atoms with Gasteiger partial charge in [-0.15, -0.1) is 7.92 Å². The molecule has 0 fully saturated rings. The van der Waals surface area contributed by atoms with Crippen LogP contribution in [0.15, 0.2) is 0 Å². The molecule has 0 aromatic carbocycles. The van der Waals surface area contributed by atoms with Crippen LogP contribution in [0.5, 0.6) is 0 Å². The predicted octanol–water partition coefficient (Wildman–Crippen LogP) is 4.87. The fourth-order valence-corrected chi connectivity index (χ4v) is 4.44. The van der Waals surface area contributed by atoms with Crippen molar-refractivity contribution in [3.05, 3.63) is 0 Å². The summed E-state index contributed by atoms with van der Waals surface area (Å²) in [5, 5.41) is 0. The third-order valence-electron chi connectivity index (χ3n) is 2.48. The summed E-state index contributed by atoms with van der Waals surface area (Å²) in [6, 6.07) is 0. The van der Waals surface area contributed by atoms with Crippen LogP contribution in [0.1, 0.15) is 59.3 Å². The van der Waals surface area contributed by atoms with E-state index in [4.69, 9.17) is 0 Å². The molecule has 0 heterocycles. The summed E-state index contributed by atoms with van der Waals surface area (Å²) in [7, 11) is 0.422. The van der Waals surface area contributed by atoms with Crippen molar-refractivity contribution >= 4 is 7.92 Å². The monoisotopic (exact) mass is 304 g/mol. The van der Waals surface area contributed by atoms with Gasteiger partial charge in [-0.05, 0) is 37.7 Å². The van der Waals surface area contributed by atoms with Gasteiger partial charge >= 0.3 is 19.5 Å². The molecular formula is C12H27PRu+3. The van der Waals surface area contributed by atoms with Crippen LogP contribution in [0.25, 0.3) is 0 Å². The van der Waals surface area contributed by atoms with Gasteiger partial charge < -0.3 is 0 Å². The second-order valence-electron chi connectivity index (χ2n) is 3.90. The molecule has 0 saturated carbocycles. The summed E-state index contributed by atoms with van der Waals surface area (Å²) < 4.78 is 0. The maximum absolute atomic E-state index is 2.31. The molecule has 0 nitrogen and oxygen atoms in total. The number of hydrogen-bond acceptors (Lipinski definition) is 0. The first-order valence-electron chi connectivity index (χ1n) is 6.07. The van der Waals surface area contributed by atoms with Crippen molar-refractivity contribution in [3.63, 3.8) is 0 Å². The van der Waals surface area contributed by atoms with Gasteiger partial charge in [0.15, 0.2) is 0 Å². The normalized spacial score (nSPS) is 10.3. The minimum atomic E-state index is 0. The Labute approximate surface area is 105 Å². The van der Waals surface area contributed by atoms with Crippen molar-refractivity contribution in [2.45, 2.75) is 59.3 Å². The fourth-order valence-electron chi connectivity index (χ4n) is 1.48. The molecule has 0 spiro atoms. The van der Waals surface area contributed by atoms with E-state index < -0.39 is 0 Å². The van der Waals surface area contributed by atoms with Crippen molar-refractivity contribution in [1.82, 2.24) is 0 Å². The van der Waals surface area contributed by atoms with Gasteiger partial charge in [-0.25, -0.2) is 0 Å². The quantitative estimate of drug-likeness (QED) is 0.421. The molecule has 0 atom stereocenters. The summed E-state index contributed by atoms with van der Waals surface area (Å²) in [6.45, 7) is 6.94. The minimum Gasteiger partial charge on any atom is -0.107 e. The van der Waals surface area contributed by atoms with Gasteiger partial charge in [-0.2, -0.15) is 0 Å². The summed E-state index contributed by atoms with van der Waals surface area (Å²) in [5.41, 5.74) is 0. The second-order valence-corrected chi connectivity index (χ2v) is 6.59. The summed E-state index contributed by atoms with van der Waals surface area (Å²) in [6.07, 6.45) is 13.2. The zero-order valence-corrected chi connectivity index (χ0v) is 12.8. The molecule has 0 aromatic heterocycles. The van der Waals surface area contributed by atoms with Crippen LogP contribution in [-0.4, -0.2) is 18.5 Å². The van der Waals surface area contributed by atoms with E-state index in [1.54, 1.807) is 18.5 Å². The number of rotatable bonds is 9. The molecule has 0 bridgehead atoms. The topological polar surface area (TPSA) is 0 Å². The molecule has 0 rings (SSSR count). The average molecular weight is 303 g/mol. The molecule has 0 N–H and O–H groups in total. The van der Waals surface area contributed by atoms with Gasteiger partial charge in [0.2, 0.25) is 0 Å². The maximum Gasteiger partial charge on any atom is 3.00 e. The smallest absolute Gasteiger partial charge is 0.107 e. The molecule has 85 valence electrons. The van der Waals surface area contributed by atoms with Gasteiger partial charge in [-0.3, -0.25) is 0 Å². The van der Waals surface area contributed by atoms with Crippen LogP contribution in [-0.2, 0) is 19.5 Å². The average Bonchev–Trinajstić information content (AvgIpc) is 2.17. The van der Waals surface area contributed by atoms with Gasteiger partial charge in [0.25, 0.3) is 0 Å². The number of hydrogen-bond donors (Lipinski definition) is 0. The third kappa shape index (κ3) is 11.1. The zero-order chi connectivity index (χ0) is 9.94. The molecule has 0 aliphatic heterocycles. The molecule has 0 amide bonds. The maximum atomic E-state index is 2.31. The van der Waals surface area contributed by atoms with Crippen LogP contribution >= 0.6 is 7.92 Å². The Balaban J connectivity index is 0. The van der Waals surface area contributed by atoms with Crippen molar-refractivity contribution < 1.29 is 19.5 Å². The molecule has 0 aromatic rings. The van der Waals surface area contributed by atoms with Gasteiger partial charge in [-0.1, -0.05) is 40.0 Å². The SMILES string of the molecule is CCCCP(CCCC)CCCC.[Ru+3]. The molecular weight excluding hydrogens is 276 g/mol. The molecule has 0 saturated heterocycles. The molecule has 0 aliphatic rings. The largest absolute Gasteiger partial charge is 3.00 e. The van der Waals surface area contributed by atoms with Crippen molar-refractivity contribution in [2.24, 2.45) is 0 Å². The zero-order valence-electron chi connectivity index (χ0n) is 10.2. The Morgan fingerprint density at radius 3 is 1.14 bits per heavy atom. The van der Waals surface area contributed by atoms with E-state index in [1.807, 2.05) is 0 Å². The summed E-state index contributed by atoms with van der Waals surface area (Å²) in [4.78, 5) is 0. The van der Waals surface area contributed by atoms with E-state index in [-0.39, 0.29) is 19.5 Å². The van der Waals surface area contributed by atoms with Crippen molar-refractivity contribution in [2.75, 3.05) is 18.5 Å². The summed E-state index contributed by atoms with van der Waals surface area (Å²) >= 11 is 0. The van der Waals surface area contributed by atoms with Crippen molar-refractivity contribution in [1.29, 1.82) is 0 Å². The first-order chi connectivity index (χ1) is 6.35. The van der Waals surface area contributed by atoms with E-state index in [0.717, 1.165) is 0 Å². The van der Waals surface area contributed by atoms with E-state index in [0.29, 0.717) is 7.92 Å². The predicted molar refractivity (Wildman–Crippen MR) is 66.2 cm³/mol. The van der Waals surface area contributed by atoms with Crippen molar-refractivity contribution in [3.8, 4) is 0 Å². The third-order valence-corrected chi connectivity index (χ3v) is 5.33. The molecule has 0 unspecified atom stereocenters. The molecule has 1 radical (unpaired) electrons. The molecule has 2 heteroatoms. The van der Waals surface area contributed by atoms with Crippen LogP contribution in [0.4, 0.5) is 0 Å². The van der Waals surface area contributed by atoms with Gasteiger partial charge in [0.05, 0.1) is 0 Å². The van der Waals surface area contributed by atoms with Crippen LogP contribution in [0, 0.1) is 0 Å². The van der Waals surface area contributed by atoms with E-state index in [2.05, 4.69) is 20.8 Å². The Morgan fingerprint density at radius 1 is 0.643 bits per heavy atom.